The van der Waals surface area contributed by atoms with Gasteiger partial charge in [-0.05, 0) is 54.7 Å². The van der Waals surface area contributed by atoms with Crippen LogP contribution in [0, 0.1) is 5.92 Å². The van der Waals surface area contributed by atoms with Crippen molar-refractivity contribution >= 4 is 5.91 Å². The Morgan fingerprint density at radius 3 is 2.38 bits per heavy atom. The van der Waals surface area contributed by atoms with E-state index in [1.54, 1.807) is 13.0 Å². The van der Waals surface area contributed by atoms with Gasteiger partial charge in [-0.25, -0.2) is 0 Å². The number of rotatable bonds is 9. The smallest absolute Gasteiger partial charge is 0.422 e. The molecule has 1 saturated carbocycles. The third kappa shape index (κ3) is 6.50. The summed E-state index contributed by atoms with van der Waals surface area (Å²) < 4.78 is 47.2. The van der Waals surface area contributed by atoms with Crippen molar-refractivity contribution in [2.75, 3.05) is 6.61 Å². The van der Waals surface area contributed by atoms with Crippen LogP contribution in [0.5, 0.6) is 11.5 Å². The molecule has 0 saturated heterocycles. The molecule has 1 aliphatic carbocycles. The van der Waals surface area contributed by atoms with E-state index >= 15 is 0 Å². The monoisotopic (exact) mass is 470 g/mol. The summed E-state index contributed by atoms with van der Waals surface area (Å²) in [4.78, 5) is 16.8. The molecule has 1 N–H and O–H groups in total. The Morgan fingerprint density at radius 1 is 1.03 bits per heavy atom. The van der Waals surface area contributed by atoms with E-state index in [1.165, 1.54) is 12.3 Å². The Kier molecular flexibility index (Phi) is 7.05. The molecule has 4 rings (SSSR count). The number of aromatic nitrogens is 1. The molecule has 1 aromatic heterocycles. The molecule has 3 atom stereocenters. The second-order valence-electron chi connectivity index (χ2n) is 8.34. The van der Waals surface area contributed by atoms with E-state index in [4.69, 9.17) is 4.74 Å². The third-order valence-corrected chi connectivity index (χ3v) is 5.65. The highest BCUT2D eigenvalue weighted by Crippen LogP contribution is 2.48. The summed E-state index contributed by atoms with van der Waals surface area (Å²) in [5.74, 6) is 0.769. The summed E-state index contributed by atoms with van der Waals surface area (Å²) in [5.41, 5.74) is 2.73. The van der Waals surface area contributed by atoms with Gasteiger partial charge >= 0.3 is 6.18 Å². The molecule has 0 unspecified atom stereocenters. The second kappa shape index (κ2) is 10.2. The lowest BCUT2D eigenvalue weighted by molar-refractivity contribution is -0.153. The maximum Gasteiger partial charge on any atom is 0.422 e. The summed E-state index contributed by atoms with van der Waals surface area (Å²) in [7, 11) is 0. The zero-order chi connectivity index (χ0) is 24.1. The van der Waals surface area contributed by atoms with Crippen molar-refractivity contribution in [1.82, 2.24) is 10.3 Å². The number of halogens is 3. The van der Waals surface area contributed by atoms with Gasteiger partial charge < -0.3 is 14.8 Å². The standard InChI is InChI=1S/C26H25F3N2O3/c1-17(24-12-11-21(14-30-24)34-16-26(27,28)29)31-25(32)23-13-22(23)19-7-9-20(10-8-19)33-15-18-5-3-2-4-6-18/h2-12,14,17,22-23H,13,15-16H2,1H3,(H,31,32)/t17-,22-,23+/m1/s1. The topological polar surface area (TPSA) is 60.5 Å². The van der Waals surface area contributed by atoms with Crippen LogP contribution in [0.15, 0.2) is 72.9 Å². The summed E-state index contributed by atoms with van der Waals surface area (Å²) in [6.45, 7) is 0.909. The molecular weight excluding hydrogens is 445 g/mol. The minimum absolute atomic E-state index is 0.0260. The lowest BCUT2D eigenvalue weighted by Gasteiger charge is -2.14. The molecule has 0 bridgehead atoms. The highest BCUT2D eigenvalue weighted by molar-refractivity contribution is 5.83. The summed E-state index contributed by atoms with van der Waals surface area (Å²) in [5, 5.41) is 2.94. The minimum Gasteiger partial charge on any atom is -0.489 e. The Balaban J connectivity index is 1.25. The lowest BCUT2D eigenvalue weighted by Crippen LogP contribution is -2.29. The van der Waals surface area contributed by atoms with E-state index in [-0.39, 0.29) is 29.5 Å². The normalized spacial score (nSPS) is 18.1. The van der Waals surface area contributed by atoms with Crippen molar-refractivity contribution in [3.8, 4) is 11.5 Å². The number of carbonyl (C=O) groups is 1. The first-order valence-electron chi connectivity index (χ1n) is 11.0. The van der Waals surface area contributed by atoms with E-state index in [0.29, 0.717) is 12.3 Å². The van der Waals surface area contributed by atoms with E-state index in [0.717, 1.165) is 23.3 Å². The van der Waals surface area contributed by atoms with Gasteiger partial charge in [0.2, 0.25) is 5.91 Å². The van der Waals surface area contributed by atoms with Gasteiger partial charge in [-0.1, -0.05) is 42.5 Å². The highest BCUT2D eigenvalue weighted by Gasteiger charge is 2.44. The molecule has 8 heteroatoms. The van der Waals surface area contributed by atoms with Gasteiger partial charge in [-0.15, -0.1) is 0 Å². The predicted molar refractivity (Wildman–Crippen MR) is 120 cm³/mol. The molecule has 2 aromatic carbocycles. The average molecular weight is 470 g/mol. The van der Waals surface area contributed by atoms with Crippen LogP contribution in [0.4, 0.5) is 13.2 Å². The van der Waals surface area contributed by atoms with Crippen LogP contribution in [0.2, 0.25) is 0 Å². The van der Waals surface area contributed by atoms with Gasteiger partial charge in [0.05, 0.1) is 17.9 Å². The summed E-state index contributed by atoms with van der Waals surface area (Å²) in [6, 6.07) is 20.3. The molecule has 1 aliphatic rings. The zero-order valence-corrected chi connectivity index (χ0v) is 18.6. The molecule has 0 radical (unpaired) electrons. The Morgan fingerprint density at radius 2 is 1.74 bits per heavy atom. The molecule has 1 fully saturated rings. The van der Waals surface area contributed by atoms with Gasteiger partial charge in [0.25, 0.3) is 0 Å². The predicted octanol–water partition coefficient (Wildman–Crippen LogP) is 5.58. The average Bonchev–Trinajstić information content (AvgIpc) is 3.63. The largest absolute Gasteiger partial charge is 0.489 e. The molecule has 3 aromatic rings. The van der Waals surface area contributed by atoms with Gasteiger partial charge in [0.1, 0.15) is 18.1 Å². The maximum atomic E-state index is 12.7. The zero-order valence-electron chi connectivity index (χ0n) is 18.6. The lowest BCUT2D eigenvalue weighted by atomic mass is 10.1. The molecule has 5 nitrogen and oxygen atoms in total. The fraction of sp³-hybridized carbons (Fsp3) is 0.308. The number of hydrogen-bond acceptors (Lipinski definition) is 4. The number of nitrogens with zero attached hydrogens (tertiary/aromatic N) is 1. The quantitative estimate of drug-likeness (QED) is 0.443. The van der Waals surface area contributed by atoms with Crippen LogP contribution in [0.3, 0.4) is 0 Å². The van der Waals surface area contributed by atoms with Crippen LogP contribution in [0.25, 0.3) is 0 Å². The SMILES string of the molecule is C[C@@H](NC(=O)[C@H]1C[C@@H]1c1ccc(OCc2ccccc2)cc1)c1ccc(OCC(F)(F)F)cn1. The van der Waals surface area contributed by atoms with E-state index in [2.05, 4.69) is 15.0 Å². The number of hydrogen-bond donors (Lipinski definition) is 1. The molecule has 0 aliphatic heterocycles. The number of ether oxygens (including phenoxy) is 2. The van der Waals surface area contributed by atoms with E-state index < -0.39 is 12.8 Å². The first-order chi connectivity index (χ1) is 16.3. The fourth-order valence-corrected chi connectivity index (χ4v) is 3.70. The summed E-state index contributed by atoms with van der Waals surface area (Å²) in [6.07, 6.45) is -2.41. The Hall–Kier alpha value is -3.55. The number of amides is 1. The van der Waals surface area contributed by atoms with E-state index in [1.807, 2.05) is 54.6 Å². The van der Waals surface area contributed by atoms with Gasteiger partial charge in [-0.3, -0.25) is 9.78 Å². The first kappa shape index (κ1) is 23.6. The first-order valence-corrected chi connectivity index (χ1v) is 11.0. The number of alkyl halides is 3. The van der Waals surface area contributed by atoms with Crippen LogP contribution in [0.1, 0.15) is 42.1 Å². The number of nitrogens with one attached hydrogen (secondary N) is 1. The minimum atomic E-state index is -4.41. The molecule has 34 heavy (non-hydrogen) atoms. The molecule has 1 amide bonds. The fourth-order valence-electron chi connectivity index (χ4n) is 3.70. The van der Waals surface area contributed by atoms with Crippen LogP contribution in [-0.4, -0.2) is 23.7 Å². The van der Waals surface area contributed by atoms with Gasteiger partial charge in [-0.2, -0.15) is 13.2 Å². The number of pyridine rings is 1. The molecule has 0 spiro atoms. The van der Waals surface area contributed by atoms with Crippen molar-refractivity contribution in [2.24, 2.45) is 5.92 Å². The maximum absolute atomic E-state index is 12.7. The Bertz CT molecular complexity index is 1090. The van der Waals surface area contributed by atoms with Crippen molar-refractivity contribution in [2.45, 2.75) is 38.1 Å². The number of carbonyl (C=O) groups excluding carboxylic acids is 1. The van der Waals surface area contributed by atoms with Crippen molar-refractivity contribution in [3.05, 3.63) is 89.7 Å². The molecule has 178 valence electrons. The molecular formula is C26H25F3N2O3. The van der Waals surface area contributed by atoms with Crippen LogP contribution in [-0.2, 0) is 11.4 Å². The van der Waals surface area contributed by atoms with Crippen molar-refractivity contribution < 1.29 is 27.4 Å². The van der Waals surface area contributed by atoms with Gasteiger partial charge in [0, 0.05) is 5.92 Å². The van der Waals surface area contributed by atoms with E-state index in [9.17, 15) is 18.0 Å². The van der Waals surface area contributed by atoms with Crippen molar-refractivity contribution in [3.63, 3.8) is 0 Å². The highest BCUT2D eigenvalue weighted by atomic mass is 19.4. The Labute approximate surface area is 195 Å². The number of benzene rings is 2. The van der Waals surface area contributed by atoms with Crippen molar-refractivity contribution in [1.29, 1.82) is 0 Å². The van der Waals surface area contributed by atoms with Crippen LogP contribution >= 0.6 is 0 Å². The second-order valence-corrected chi connectivity index (χ2v) is 8.34. The molecule has 1 heterocycles. The van der Waals surface area contributed by atoms with Crippen LogP contribution < -0.4 is 14.8 Å². The third-order valence-electron chi connectivity index (χ3n) is 5.65. The van der Waals surface area contributed by atoms with Gasteiger partial charge in [0.15, 0.2) is 6.61 Å². The summed E-state index contributed by atoms with van der Waals surface area (Å²) >= 11 is 0.